The summed E-state index contributed by atoms with van der Waals surface area (Å²) in [5, 5.41) is 9.56. The summed E-state index contributed by atoms with van der Waals surface area (Å²) in [6.07, 6.45) is -3.64. The van der Waals surface area contributed by atoms with Crippen LogP contribution in [-0.2, 0) is 11.0 Å². The van der Waals surface area contributed by atoms with Gasteiger partial charge in [-0.3, -0.25) is 14.5 Å². The van der Waals surface area contributed by atoms with Crippen LogP contribution in [0.2, 0.25) is 0 Å². The van der Waals surface area contributed by atoms with Gasteiger partial charge in [-0.25, -0.2) is 4.79 Å². The average molecular weight is 552 g/mol. The lowest BCUT2D eigenvalue weighted by Crippen LogP contribution is -2.51. The largest absolute Gasteiger partial charge is 0.416 e. The molecule has 8 nitrogen and oxygen atoms in total. The molecule has 2 heterocycles. The minimum Gasteiger partial charge on any atom is -0.336 e. The van der Waals surface area contributed by atoms with Gasteiger partial charge < -0.3 is 14.7 Å². The van der Waals surface area contributed by atoms with Crippen molar-refractivity contribution in [3.8, 4) is 6.07 Å². The van der Waals surface area contributed by atoms with Crippen LogP contribution in [0.25, 0.3) is 0 Å². The Kier molecular flexibility index (Phi) is 7.14. The molecule has 2 aliphatic heterocycles. The molecular formula is C29H28F3N5O3. The molecule has 0 N–H and O–H groups in total. The number of nitriles is 1. The zero-order chi connectivity index (χ0) is 28.8. The number of likely N-dealkylation sites (N-methyl/N-ethyl adjacent to an activating group) is 2. The lowest BCUT2D eigenvalue weighted by atomic mass is 9.82. The van der Waals surface area contributed by atoms with Gasteiger partial charge in [0, 0.05) is 56.5 Å². The Labute approximate surface area is 229 Å². The number of alkyl halides is 3. The van der Waals surface area contributed by atoms with Gasteiger partial charge in [-0.15, -0.1) is 0 Å². The topological polar surface area (TPSA) is 88.0 Å². The first-order valence-electron chi connectivity index (χ1n) is 13.0. The van der Waals surface area contributed by atoms with Gasteiger partial charge in [0.15, 0.2) is 5.78 Å². The number of halogens is 3. The second kappa shape index (κ2) is 10.4. The number of piperazine rings is 1. The van der Waals surface area contributed by atoms with E-state index in [0.29, 0.717) is 50.3 Å². The lowest BCUT2D eigenvalue weighted by Gasteiger charge is -2.44. The fraction of sp³-hybridized carbons (Fsp3) is 0.379. The fourth-order valence-corrected chi connectivity index (χ4v) is 5.65. The molecule has 11 heteroatoms. The van der Waals surface area contributed by atoms with Crippen LogP contribution in [0, 0.1) is 11.3 Å². The van der Waals surface area contributed by atoms with Crippen LogP contribution in [0.15, 0.2) is 53.7 Å². The Bertz CT molecular complexity index is 1450. The van der Waals surface area contributed by atoms with Gasteiger partial charge in [0.1, 0.15) is 0 Å². The molecule has 2 aromatic rings. The number of ketones is 1. The molecule has 0 bridgehead atoms. The summed E-state index contributed by atoms with van der Waals surface area (Å²) in [4.78, 5) is 47.3. The highest BCUT2D eigenvalue weighted by Gasteiger charge is 2.45. The van der Waals surface area contributed by atoms with Gasteiger partial charge in [-0.05, 0) is 55.8 Å². The smallest absolute Gasteiger partial charge is 0.336 e. The molecule has 40 heavy (non-hydrogen) atoms. The third kappa shape index (κ3) is 4.84. The maximum absolute atomic E-state index is 13.8. The quantitative estimate of drug-likeness (QED) is 0.557. The summed E-state index contributed by atoms with van der Waals surface area (Å²) >= 11 is 0. The molecule has 0 aromatic heterocycles. The maximum atomic E-state index is 13.8. The zero-order valence-electron chi connectivity index (χ0n) is 22.2. The number of nitrogens with zero attached hydrogens (tertiary/aromatic N) is 5. The Balaban J connectivity index is 1.66. The first-order chi connectivity index (χ1) is 19.0. The van der Waals surface area contributed by atoms with Crippen LogP contribution < -0.4 is 4.90 Å². The molecule has 0 saturated carbocycles. The first kappa shape index (κ1) is 27.4. The molecule has 1 saturated heterocycles. The second-order valence-electron chi connectivity index (χ2n) is 10.3. The number of benzene rings is 2. The van der Waals surface area contributed by atoms with Crippen LogP contribution in [-0.4, -0.2) is 72.7 Å². The molecule has 5 rings (SSSR count). The number of carbonyl (C=O) groups is 3. The van der Waals surface area contributed by atoms with Crippen molar-refractivity contribution < 1.29 is 27.6 Å². The van der Waals surface area contributed by atoms with Crippen LogP contribution in [0.1, 0.15) is 52.4 Å². The minimum absolute atomic E-state index is 0.0147. The van der Waals surface area contributed by atoms with E-state index in [9.17, 15) is 32.8 Å². The molecule has 208 valence electrons. The van der Waals surface area contributed by atoms with Gasteiger partial charge in [0.2, 0.25) is 0 Å². The summed E-state index contributed by atoms with van der Waals surface area (Å²) in [7, 11) is 3.44. The third-order valence-corrected chi connectivity index (χ3v) is 7.78. The van der Waals surface area contributed by atoms with E-state index in [-0.39, 0.29) is 40.5 Å². The van der Waals surface area contributed by atoms with Crippen molar-refractivity contribution in [2.24, 2.45) is 0 Å². The number of carbonyl (C=O) groups excluding carboxylic acids is 3. The zero-order valence-corrected chi connectivity index (χ0v) is 22.2. The van der Waals surface area contributed by atoms with Crippen molar-refractivity contribution >= 4 is 23.4 Å². The summed E-state index contributed by atoms with van der Waals surface area (Å²) in [5.74, 6) is -0.531. The van der Waals surface area contributed by atoms with Crippen LogP contribution in [0.3, 0.4) is 0 Å². The summed E-state index contributed by atoms with van der Waals surface area (Å²) in [6, 6.07) is 9.62. The molecular weight excluding hydrogens is 523 g/mol. The lowest BCUT2D eigenvalue weighted by molar-refractivity contribution is -0.137. The van der Waals surface area contributed by atoms with E-state index >= 15 is 0 Å². The number of anilines is 1. The predicted octanol–water partition coefficient (Wildman–Crippen LogP) is 4.58. The van der Waals surface area contributed by atoms with Crippen molar-refractivity contribution in [1.82, 2.24) is 14.7 Å². The number of allylic oxidation sites excluding steroid dienone is 1. The highest BCUT2D eigenvalue weighted by atomic mass is 19.4. The minimum atomic E-state index is -4.61. The van der Waals surface area contributed by atoms with Gasteiger partial charge in [-0.1, -0.05) is 12.1 Å². The summed E-state index contributed by atoms with van der Waals surface area (Å²) in [6.45, 7) is 2.34. The molecule has 1 atom stereocenters. The van der Waals surface area contributed by atoms with E-state index in [0.717, 1.165) is 12.1 Å². The molecule has 3 amide bonds. The molecule has 1 fully saturated rings. The van der Waals surface area contributed by atoms with Crippen molar-refractivity contribution in [2.45, 2.75) is 31.5 Å². The number of amides is 3. The van der Waals surface area contributed by atoms with E-state index in [2.05, 4.69) is 11.0 Å². The monoisotopic (exact) mass is 551 g/mol. The third-order valence-electron chi connectivity index (χ3n) is 7.78. The highest BCUT2D eigenvalue weighted by molar-refractivity contribution is 6.07. The van der Waals surface area contributed by atoms with Crippen LogP contribution in [0.5, 0.6) is 0 Å². The Morgan fingerprint density at radius 1 is 1.00 bits per heavy atom. The van der Waals surface area contributed by atoms with Crippen molar-refractivity contribution in [1.29, 1.82) is 5.26 Å². The Morgan fingerprint density at radius 3 is 2.40 bits per heavy atom. The van der Waals surface area contributed by atoms with Gasteiger partial charge >= 0.3 is 12.2 Å². The van der Waals surface area contributed by atoms with Gasteiger partial charge in [0.05, 0.1) is 28.9 Å². The van der Waals surface area contributed by atoms with Gasteiger partial charge in [-0.2, -0.15) is 18.4 Å². The Morgan fingerprint density at radius 2 is 1.73 bits per heavy atom. The van der Waals surface area contributed by atoms with E-state index in [4.69, 9.17) is 0 Å². The highest BCUT2D eigenvalue weighted by Crippen LogP contribution is 2.45. The van der Waals surface area contributed by atoms with E-state index in [1.165, 1.54) is 35.0 Å². The number of rotatable bonds is 3. The van der Waals surface area contributed by atoms with Crippen LogP contribution >= 0.6 is 0 Å². The number of urea groups is 1. The van der Waals surface area contributed by atoms with E-state index < -0.39 is 23.8 Å². The fourth-order valence-electron chi connectivity index (χ4n) is 5.65. The number of hydrogen-bond donors (Lipinski definition) is 0. The molecule has 2 aromatic carbocycles. The molecule has 0 spiro atoms. The number of Topliss-reactive ketones (excluding diaryl/α,β-unsaturated/α-hetero) is 1. The van der Waals surface area contributed by atoms with Crippen molar-refractivity contribution in [3.63, 3.8) is 0 Å². The standard InChI is InChI=1S/C29H28F3N5O3/c1-34-11-13-36(14-12-34)27(39)22-15-18(17-33)9-10-21(22)26-25-23(7-4-8-24(25)38)37(28(40)35(26)2)20-6-3-5-19(16-20)29(30,31)32/h3,5-6,9-10,15-16,26H,4,7-8,11-14H2,1-2H3. The second-order valence-corrected chi connectivity index (χ2v) is 10.3. The summed E-state index contributed by atoms with van der Waals surface area (Å²) < 4.78 is 40.5. The first-order valence-corrected chi connectivity index (χ1v) is 13.0. The molecule has 0 radical (unpaired) electrons. The molecule has 1 unspecified atom stereocenters. The average Bonchev–Trinajstić information content (AvgIpc) is 2.94. The molecule has 1 aliphatic carbocycles. The predicted molar refractivity (Wildman–Crippen MR) is 140 cm³/mol. The normalized spacial score (nSPS) is 20.5. The summed E-state index contributed by atoms with van der Waals surface area (Å²) in [5.41, 5.74) is 0.630. The van der Waals surface area contributed by atoms with Crippen molar-refractivity contribution in [2.75, 3.05) is 45.2 Å². The maximum Gasteiger partial charge on any atom is 0.416 e. The van der Waals surface area contributed by atoms with E-state index in [1.54, 1.807) is 17.0 Å². The van der Waals surface area contributed by atoms with Crippen LogP contribution in [0.4, 0.5) is 23.7 Å². The Hall–Kier alpha value is -4.17. The SMILES string of the molecule is CN1CCN(C(=O)c2cc(C#N)ccc2C2C3=C(CCCC3=O)N(c3cccc(C(F)(F)F)c3)C(=O)N2C)CC1. The molecule has 3 aliphatic rings. The van der Waals surface area contributed by atoms with E-state index in [1.807, 2.05) is 7.05 Å². The van der Waals surface area contributed by atoms with Crippen molar-refractivity contribution in [3.05, 3.63) is 76.0 Å². The number of hydrogen-bond acceptors (Lipinski definition) is 5. The van der Waals surface area contributed by atoms with Gasteiger partial charge in [0.25, 0.3) is 5.91 Å².